The van der Waals surface area contributed by atoms with Gasteiger partial charge in [-0.2, -0.15) is 5.10 Å². The van der Waals surface area contributed by atoms with Crippen LogP contribution < -0.4 is 5.73 Å². The van der Waals surface area contributed by atoms with Gasteiger partial charge < -0.3 is 15.4 Å². The molecule has 0 saturated heterocycles. The Bertz CT molecular complexity index is 389. The average molecular weight is 254 g/mol. The highest BCUT2D eigenvalue weighted by Gasteiger charge is 2.21. The number of nitrogens with zero attached hydrogens (tertiary/aromatic N) is 3. The zero-order valence-electron chi connectivity index (χ0n) is 11.3. The van der Waals surface area contributed by atoms with Crippen molar-refractivity contribution in [2.24, 2.45) is 0 Å². The molecule has 1 aromatic heterocycles. The topological polar surface area (TPSA) is 73.4 Å². The van der Waals surface area contributed by atoms with Gasteiger partial charge >= 0.3 is 0 Å². The number of ether oxygens (including phenoxy) is 1. The van der Waals surface area contributed by atoms with E-state index in [1.165, 1.54) is 6.20 Å². The van der Waals surface area contributed by atoms with E-state index in [4.69, 9.17) is 10.5 Å². The van der Waals surface area contributed by atoms with Gasteiger partial charge in [0, 0.05) is 26.2 Å². The van der Waals surface area contributed by atoms with Crippen molar-refractivity contribution in [1.29, 1.82) is 0 Å². The fraction of sp³-hybridized carbons (Fsp3) is 0.667. The van der Waals surface area contributed by atoms with Gasteiger partial charge in [0.25, 0.3) is 5.91 Å². The Labute approximate surface area is 108 Å². The molecule has 1 amide bonds. The highest BCUT2D eigenvalue weighted by atomic mass is 16.5. The number of hydrogen-bond donors (Lipinski definition) is 1. The van der Waals surface area contributed by atoms with Crippen LogP contribution in [0, 0.1) is 0 Å². The summed E-state index contributed by atoms with van der Waals surface area (Å²) in [4.78, 5) is 14.1. The Morgan fingerprint density at radius 1 is 1.50 bits per heavy atom. The molecular weight excluding hydrogens is 232 g/mol. The van der Waals surface area contributed by atoms with Crippen LogP contribution >= 0.6 is 0 Å². The summed E-state index contributed by atoms with van der Waals surface area (Å²) in [5.74, 6) is -0.0888. The molecule has 0 aliphatic carbocycles. The number of carbonyl (C=O) groups excluding carboxylic acids is 1. The molecule has 0 fully saturated rings. The van der Waals surface area contributed by atoms with Crippen molar-refractivity contribution in [2.75, 3.05) is 32.0 Å². The maximum atomic E-state index is 12.4. The third-order valence-corrected chi connectivity index (χ3v) is 2.75. The Hall–Kier alpha value is -1.56. The van der Waals surface area contributed by atoms with Crippen LogP contribution in [0.5, 0.6) is 0 Å². The van der Waals surface area contributed by atoms with Crippen molar-refractivity contribution in [3.63, 3.8) is 0 Å². The number of anilines is 1. The molecule has 0 saturated carbocycles. The fourth-order valence-corrected chi connectivity index (χ4v) is 1.75. The lowest BCUT2D eigenvalue weighted by Crippen LogP contribution is -2.35. The number of rotatable bonds is 7. The van der Waals surface area contributed by atoms with Crippen molar-refractivity contribution in [3.05, 3.63) is 11.9 Å². The molecule has 0 aliphatic heterocycles. The van der Waals surface area contributed by atoms with Crippen molar-refractivity contribution >= 4 is 11.6 Å². The third kappa shape index (κ3) is 3.22. The first-order valence-electron chi connectivity index (χ1n) is 6.33. The summed E-state index contributed by atoms with van der Waals surface area (Å²) < 4.78 is 6.90. The molecular formula is C12H22N4O2. The number of nitrogens with two attached hydrogens (primary N) is 1. The van der Waals surface area contributed by atoms with Gasteiger partial charge in [-0.15, -0.1) is 0 Å². The monoisotopic (exact) mass is 254 g/mol. The number of aryl methyl sites for hydroxylation is 1. The third-order valence-electron chi connectivity index (χ3n) is 2.75. The zero-order chi connectivity index (χ0) is 13.5. The van der Waals surface area contributed by atoms with Crippen LogP contribution in [0.1, 0.15) is 31.3 Å². The lowest BCUT2D eigenvalue weighted by atomic mass is 10.3. The summed E-state index contributed by atoms with van der Waals surface area (Å²) >= 11 is 0. The molecule has 6 heteroatoms. The molecule has 0 aromatic carbocycles. The molecule has 6 nitrogen and oxygen atoms in total. The zero-order valence-corrected chi connectivity index (χ0v) is 11.3. The van der Waals surface area contributed by atoms with Crippen LogP contribution in [0.3, 0.4) is 0 Å². The Kier molecular flexibility index (Phi) is 5.64. The lowest BCUT2D eigenvalue weighted by Gasteiger charge is -2.21. The smallest absolute Gasteiger partial charge is 0.274 e. The van der Waals surface area contributed by atoms with E-state index < -0.39 is 0 Å². The molecule has 0 spiro atoms. The summed E-state index contributed by atoms with van der Waals surface area (Å²) in [5, 5.41) is 4.08. The molecule has 102 valence electrons. The summed E-state index contributed by atoms with van der Waals surface area (Å²) in [6.07, 6.45) is 1.52. The first-order valence-corrected chi connectivity index (χ1v) is 6.33. The minimum atomic E-state index is -0.0888. The Morgan fingerprint density at radius 3 is 2.78 bits per heavy atom. The number of hydrogen-bond acceptors (Lipinski definition) is 4. The largest absolute Gasteiger partial charge is 0.396 e. The van der Waals surface area contributed by atoms with Crippen LogP contribution in [-0.4, -0.2) is 46.9 Å². The number of likely N-dealkylation sites (N-methyl/N-ethyl adjacent to an activating group) is 1. The van der Waals surface area contributed by atoms with E-state index in [1.54, 1.807) is 9.58 Å². The van der Waals surface area contributed by atoms with E-state index >= 15 is 0 Å². The first-order chi connectivity index (χ1) is 8.65. The minimum Gasteiger partial charge on any atom is -0.396 e. The van der Waals surface area contributed by atoms with Gasteiger partial charge in [0.15, 0.2) is 0 Å². The molecule has 1 heterocycles. The number of aromatic nitrogens is 2. The molecule has 0 radical (unpaired) electrons. The van der Waals surface area contributed by atoms with Gasteiger partial charge in [-0.3, -0.25) is 9.48 Å². The molecule has 1 rings (SSSR count). The molecule has 2 N–H and O–H groups in total. The van der Waals surface area contributed by atoms with Crippen molar-refractivity contribution in [1.82, 2.24) is 14.7 Å². The van der Waals surface area contributed by atoms with E-state index in [1.807, 2.05) is 20.8 Å². The van der Waals surface area contributed by atoms with Gasteiger partial charge in [-0.1, -0.05) is 0 Å². The number of carbonyl (C=O) groups is 1. The van der Waals surface area contributed by atoms with Crippen molar-refractivity contribution in [3.8, 4) is 0 Å². The van der Waals surface area contributed by atoms with E-state index in [2.05, 4.69) is 5.10 Å². The molecule has 0 unspecified atom stereocenters. The van der Waals surface area contributed by atoms with Crippen LogP contribution in [0.4, 0.5) is 5.69 Å². The number of nitrogen functional groups attached to an aromatic ring is 1. The minimum absolute atomic E-state index is 0.0888. The Balaban J connectivity index is 2.79. The summed E-state index contributed by atoms with van der Waals surface area (Å²) in [5.41, 5.74) is 6.70. The van der Waals surface area contributed by atoms with Crippen LogP contribution in [-0.2, 0) is 11.3 Å². The van der Waals surface area contributed by atoms with E-state index in [9.17, 15) is 4.79 Å². The highest BCUT2D eigenvalue weighted by Crippen LogP contribution is 2.13. The second-order valence-electron chi connectivity index (χ2n) is 3.85. The summed E-state index contributed by atoms with van der Waals surface area (Å²) in [6, 6.07) is 0. The van der Waals surface area contributed by atoms with E-state index in [-0.39, 0.29) is 5.91 Å². The lowest BCUT2D eigenvalue weighted by molar-refractivity contribution is 0.0659. The van der Waals surface area contributed by atoms with Crippen LogP contribution in [0.15, 0.2) is 6.20 Å². The molecule has 0 atom stereocenters. The maximum absolute atomic E-state index is 12.4. The second kappa shape index (κ2) is 7.00. The molecule has 1 aromatic rings. The van der Waals surface area contributed by atoms with E-state index in [0.29, 0.717) is 44.2 Å². The molecule has 0 aliphatic rings. The van der Waals surface area contributed by atoms with Crippen molar-refractivity contribution < 1.29 is 9.53 Å². The molecule has 0 bridgehead atoms. The maximum Gasteiger partial charge on any atom is 0.274 e. The predicted octanol–water partition coefficient (Wildman–Crippen LogP) is 0.984. The van der Waals surface area contributed by atoms with Crippen LogP contribution in [0.2, 0.25) is 0 Å². The first kappa shape index (κ1) is 14.5. The van der Waals surface area contributed by atoms with E-state index in [0.717, 1.165) is 0 Å². The molecule has 18 heavy (non-hydrogen) atoms. The fourth-order valence-electron chi connectivity index (χ4n) is 1.75. The van der Waals surface area contributed by atoms with Crippen LogP contribution in [0.25, 0.3) is 0 Å². The Morgan fingerprint density at radius 2 is 2.22 bits per heavy atom. The van der Waals surface area contributed by atoms with Gasteiger partial charge in [-0.25, -0.2) is 0 Å². The quantitative estimate of drug-likeness (QED) is 0.736. The van der Waals surface area contributed by atoms with Gasteiger partial charge in [0.05, 0.1) is 18.5 Å². The van der Waals surface area contributed by atoms with Crippen molar-refractivity contribution in [2.45, 2.75) is 27.3 Å². The van der Waals surface area contributed by atoms with Gasteiger partial charge in [0.1, 0.15) is 5.69 Å². The normalized spacial score (nSPS) is 10.6. The average Bonchev–Trinajstić information content (AvgIpc) is 2.75. The number of amides is 1. The second-order valence-corrected chi connectivity index (χ2v) is 3.85. The highest BCUT2D eigenvalue weighted by molar-refractivity contribution is 5.97. The summed E-state index contributed by atoms with van der Waals surface area (Å²) in [7, 11) is 0. The van der Waals surface area contributed by atoms with Gasteiger partial charge in [-0.05, 0) is 20.8 Å². The summed E-state index contributed by atoms with van der Waals surface area (Å²) in [6.45, 7) is 8.81. The predicted molar refractivity (Wildman–Crippen MR) is 70.4 cm³/mol. The SMILES string of the molecule is CCOCCN(CC)C(=O)c1c(N)cnn1CC. The van der Waals surface area contributed by atoms with Gasteiger partial charge in [0.2, 0.25) is 0 Å². The standard InChI is InChI=1S/C12H22N4O2/c1-4-15(7-8-18-6-3)12(17)11-10(13)9-14-16(11)5-2/h9H,4-8,13H2,1-3H3.